The van der Waals surface area contributed by atoms with Gasteiger partial charge in [0.2, 0.25) is 0 Å². The summed E-state index contributed by atoms with van der Waals surface area (Å²) in [4.78, 5) is 18.2. The van der Waals surface area contributed by atoms with Crippen LogP contribution in [0.2, 0.25) is 0 Å². The van der Waals surface area contributed by atoms with Crippen molar-refractivity contribution in [3.63, 3.8) is 0 Å². The second kappa shape index (κ2) is 2.67. The van der Waals surface area contributed by atoms with Crippen LogP contribution in [-0.2, 0) is 0 Å². The summed E-state index contributed by atoms with van der Waals surface area (Å²) in [6.07, 6.45) is 1.47. The molecule has 0 saturated carbocycles. The van der Waals surface area contributed by atoms with Crippen molar-refractivity contribution < 1.29 is 9.90 Å². The molecule has 0 amide bonds. The Morgan fingerprint density at radius 2 is 2.38 bits per heavy atom. The lowest BCUT2D eigenvalue weighted by molar-refractivity contribution is 0.0690. The van der Waals surface area contributed by atoms with E-state index in [1.54, 1.807) is 0 Å². The molecule has 0 aromatic carbocycles. The van der Waals surface area contributed by atoms with Gasteiger partial charge in [-0.3, -0.25) is 0 Å². The zero-order valence-electron chi connectivity index (χ0n) is 6.39. The zero-order valence-corrected chi connectivity index (χ0v) is 7.21. The highest BCUT2D eigenvalue weighted by molar-refractivity contribution is 7.22. The number of hydrogen-bond acceptors (Lipinski definition) is 5. The predicted molar refractivity (Wildman–Crippen MR) is 48.8 cm³/mol. The topological polar surface area (TPSA) is 89.1 Å². The lowest BCUT2D eigenvalue weighted by Gasteiger charge is -1.90. The van der Waals surface area contributed by atoms with E-state index in [0.717, 1.165) is 4.70 Å². The predicted octanol–water partition coefficient (Wildman–Crippen LogP) is 0.972. The molecule has 0 saturated heterocycles. The summed E-state index contributed by atoms with van der Waals surface area (Å²) in [6, 6.07) is 1.41. The van der Waals surface area contributed by atoms with Gasteiger partial charge in [-0.2, -0.15) is 0 Å². The molecule has 0 bridgehead atoms. The summed E-state index contributed by atoms with van der Waals surface area (Å²) in [7, 11) is 0. The van der Waals surface area contributed by atoms with Crippen LogP contribution in [-0.4, -0.2) is 21.0 Å². The van der Waals surface area contributed by atoms with Gasteiger partial charge in [0.25, 0.3) is 0 Å². The molecule has 0 aliphatic carbocycles. The van der Waals surface area contributed by atoms with Gasteiger partial charge >= 0.3 is 5.97 Å². The van der Waals surface area contributed by atoms with Crippen molar-refractivity contribution in [1.82, 2.24) is 9.97 Å². The zero-order chi connectivity index (χ0) is 9.42. The molecule has 2 heterocycles. The fraction of sp³-hybridized carbons (Fsp3) is 0. The second-order valence-corrected chi connectivity index (χ2v) is 3.46. The van der Waals surface area contributed by atoms with Crippen molar-refractivity contribution in [3.05, 3.63) is 18.0 Å². The number of aromatic carboxylic acids is 1. The van der Waals surface area contributed by atoms with E-state index in [9.17, 15) is 4.79 Å². The molecule has 3 N–H and O–H groups in total. The van der Waals surface area contributed by atoms with Crippen LogP contribution in [0.5, 0.6) is 0 Å². The van der Waals surface area contributed by atoms with Crippen LogP contribution in [0.25, 0.3) is 10.2 Å². The number of thiazole rings is 1. The number of carboxylic acid groups (broad SMARTS) is 1. The maximum atomic E-state index is 10.5. The Balaban J connectivity index is 2.67. The van der Waals surface area contributed by atoms with Crippen LogP contribution in [0.3, 0.4) is 0 Å². The van der Waals surface area contributed by atoms with Gasteiger partial charge in [-0.05, 0) is 6.07 Å². The normalized spacial score (nSPS) is 10.5. The number of nitrogens with zero attached hydrogens (tertiary/aromatic N) is 2. The molecule has 0 aliphatic rings. The average Bonchev–Trinajstić information content (AvgIpc) is 2.42. The largest absolute Gasteiger partial charge is 0.477 e. The number of anilines is 1. The van der Waals surface area contributed by atoms with E-state index in [-0.39, 0.29) is 5.69 Å². The maximum absolute atomic E-state index is 10.5. The molecule has 0 fully saturated rings. The van der Waals surface area contributed by atoms with Gasteiger partial charge in [0.05, 0.1) is 10.2 Å². The smallest absolute Gasteiger partial charge is 0.354 e. The summed E-state index contributed by atoms with van der Waals surface area (Å²) in [5.74, 6) is -1.06. The molecule has 5 nitrogen and oxygen atoms in total. The summed E-state index contributed by atoms with van der Waals surface area (Å²) in [5.41, 5.74) is 6.01. The summed E-state index contributed by atoms with van der Waals surface area (Å²) < 4.78 is 0.794. The molecule has 6 heteroatoms. The van der Waals surface area contributed by atoms with Crippen LogP contribution in [0.4, 0.5) is 5.13 Å². The first-order chi connectivity index (χ1) is 6.16. The van der Waals surface area contributed by atoms with E-state index >= 15 is 0 Å². The standard InChI is InChI=1S/C7H5N3O2S/c8-7-10-3-1-4(6(11)12)9-2-5(3)13-7/h1-2H,(H2,8,10)(H,11,12). The Kier molecular flexibility index (Phi) is 1.63. The molecule has 0 radical (unpaired) electrons. The highest BCUT2D eigenvalue weighted by Gasteiger charge is 2.07. The van der Waals surface area contributed by atoms with E-state index in [1.807, 2.05) is 0 Å². The van der Waals surface area contributed by atoms with Crippen LogP contribution >= 0.6 is 11.3 Å². The molecule has 2 aromatic heterocycles. The molecule has 2 rings (SSSR count). The average molecular weight is 195 g/mol. The number of fused-ring (bicyclic) bond motifs is 1. The number of pyridine rings is 1. The lowest BCUT2D eigenvalue weighted by atomic mass is 10.3. The van der Waals surface area contributed by atoms with Gasteiger partial charge < -0.3 is 10.8 Å². The number of aromatic nitrogens is 2. The van der Waals surface area contributed by atoms with Crippen molar-refractivity contribution in [2.24, 2.45) is 0 Å². The van der Waals surface area contributed by atoms with E-state index in [1.165, 1.54) is 23.6 Å². The quantitative estimate of drug-likeness (QED) is 0.707. The van der Waals surface area contributed by atoms with E-state index in [4.69, 9.17) is 10.8 Å². The minimum Gasteiger partial charge on any atom is -0.477 e. The second-order valence-electron chi connectivity index (χ2n) is 2.39. The van der Waals surface area contributed by atoms with Crippen LogP contribution in [0, 0.1) is 0 Å². The van der Waals surface area contributed by atoms with E-state index < -0.39 is 5.97 Å². The third-order valence-electron chi connectivity index (χ3n) is 1.51. The third kappa shape index (κ3) is 1.31. The van der Waals surface area contributed by atoms with Crippen LogP contribution < -0.4 is 5.73 Å². The third-order valence-corrected chi connectivity index (χ3v) is 2.35. The van der Waals surface area contributed by atoms with Gasteiger partial charge in [-0.1, -0.05) is 11.3 Å². The van der Waals surface area contributed by atoms with Gasteiger partial charge in [0.1, 0.15) is 5.69 Å². The molecule has 0 aliphatic heterocycles. The summed E-state index contributed by atoms with van der Waals surface area (Å²) >= 11 is 1.28. The highest BCUT2D eigenvalue weighted by Crippen LogP contribution is 2.22. The molecule has 13 heavy (non-hydrogen) atoms. The molecule has 0 atom stereocenters. The molecule has 66 valence electrons. The minimum absolute atomic E-state index is 0.0159. The Morgan fingerprint density at radius 3 is 3.08 bits per heavy atom. The molecular formula is C7H5N3O2S. The number of nitrogens with two attached hydrogens (primary N) is 1. The SMILES string of the molecule is Nc1nc2cc(C(=O)O)ncc2s1. The first-order valence-corrected chi connectivity index (χ1v) is 4.24. The van der Waals surface area contributed by atoms with E-state index in [0.29, 0.717) is 10.6 Å². The Bertz CT molecular complexity index is 480. The highest BCUT2D eigenvalue weighted by atomic mass is 32.1. The fourth-order valence-electron chi connectivity index (χ4n) is 0.969. The molecule has 0 unspecified atom stereocenters. The van der Waals surface area contributed by atoms with Crippen molar-refractivity contribution in [1.29, 1.82) is 0 Å². The number of rotatable bonds is 1. The Morgan fingerprint density at radius 1 is 1.62 bits per heavy atom. The molecular weight excluding hydrogens is 190 g/mol. The van der Waals surface area contributed by atoms with Gasteiger partial charge in [0, 0.05) is 6.20 Å². The van der Waals surface area contributed by atoms with Crippen molar-refractivity contribution in [3.8, 4) is 0 Å². The number of hydrogen-bond donors (Lipinski definition) is 2. The van der Waals surface area contributed by atoms with Gasteiger partial charge in [-0.25, -0.2) is 14.8 Å². The minimum atomic E-state index is -1.06. The number of carboxylic acids is 1. The molecule has 0 spiro atoms. The summed E-state index contributed by atoms with van der Waals surface area (Å²) in [5, 5.41) is 9.05. The lowest BCUT2D eigenvalue weighted by Crippen LogP contribution is -1.98. The van der Waals surface area contributed by atoms with Crippen molar-refractivity contribution in [2.75, 3.05) is 5.73 Å². The van der Waals surface area contributed by atoms with Crippen molar-refractivity contribution >= 4 is 32.7 Å². The van der Waals surface area contributed by atoms with Crippen LogP contribution in [0.1, 0.15) is 10.5 Å². The first-order valence-electron chi connectivity index (χ1n) is 3.42. The van der Waals surface area contributed by atoms with Gasteiger partial charge in [-0.15, -0.1) is 0 Å². The van der Waals surface area contributed by atoms with Crippen molar-refractivity contribution in [2.45, 2.75) is 0 Å². The first kappa shape index (κ1) is 7.93. The molecule has 2 aromatic rings. The number of nitrogen functional groups attached to an aromatic ring is 1. The maximum Gasteiger partial charge on any atom is 0.354 e. The van der Waals surface area contributed by atoms with E-state index in [2.05, 4.69) is 9.97 Å². The van der Waals surface area contributed by atoms with Gasteiger partial charge in [0.15, 0.2) is 5.13 Å². The Hall–Kier alpha value is -1.69. The Labute approximate surface area is 76.9 Å². The summed E-state index contributed by atoms with van der Waals surface area (Å²) in [6.45, 7) is 0. The fourth-order valence-corrected chi connectivity index (χ4v) is 1.65. The van der Waals surface area contributed by atoms with Crippen LogP contribution in [0.15, 0.2) is 12.3 Å². The monoisotopic (exact) mass is 195 g/mol. The number of carbonyl (C=O) groups is 1.